The van der Waals surface area contributed by atoms with Crippen molar-refractivity contribution in [2.45, 2.75) is 19.4 Å². The van der Waals surface area contributed by atoms with E-state index in [-0.39, 0.29) is 0 Å². The average Bonchev–Trinajstić information content (AvgIpc) is 2.66. The fraction of sp³-hybridized carbons (Fsp3) is 0.250. The monoisotopic (exact) mass is 219 g/mol. The first-order chi connectivity index (χ1) is 7.12. The summed E-state index contributed by atoms with van der Waals surface area (Å²) in [4.78, 5) is 5.08. The van der Waals surface area contributed by atoms with E-state index in [1.54, 1.807) is 5.51 Å². The third kappa shape index (κ3) is 1.80. The third-order valence-corrected chi connectivity index (χ3v) is 3.66. The number of hydrogen-bond acceptors (Lipinski definition) is 3. The summed E-state index contributed by atoms with van der Waals surface area (Å²) < 4.78 is 0. The van der Waals surface area contributed by atoms with E-state index in [9.17, 15) is 5.11 Å². The molecule has 1 atom stereocenters. The molecule has 0 aliphatic rings. The molecule has 0 amide bonds. The lowest BCUT2D eigenvalue weighted by molar-refractivity contribution is 0.105. The van der Waals surface area contributed by atoms with Crippen LogP contribution in [0.5, 0.6) is 0 Å². The van der Waals surface area contributed by atoms with Crippen molar-refractivity contribution in [1.82, 2.24) is 4.98 Å². The largest absolute Gasteiger partial charge is 0.380 e. The van der Waals surface area contributed by atoms with E-state index in [4.69, 9.17) is 0 Å². The minimum Gasteiger partial charge on any atom is -0.380 e. The second-order valence-corrected chi connectivity index (χ2v) is 4.56. The number of aryl methyl sites for hydroxylation is 1. The molecular formula is C12H13NOS. The lowest BCUT2D eigenvalue weighted by atomic mass is 9.93. The first-order valence-electron chi connectivity index (χ1n) is 4.81. The topological polar surface area (TPSA) is 33.1 Å². The molecule has 0 saturated carbocycles. The molecule has 1 N–H and O–H groups in total. The molecule has 0 spiro atoms. The molecule has 0 saturated heterocycles. The predicted molar refractivity (Wildman–Crippen MR) is 62.0 cm³/mol. The van der Waals surface area contributed by atoms with Crippen LogP contribution in [0.2, 0.25) is 0 Å². The summed E-state index contributed by atoms with van der Waals surface area (Å²) in [6, 6.07) is 9.66. The summed E-state index contributed by atoms with van der Waals surface area (Å²) in [7, 11) is 0. The van der Waals surface area contributed by atoms with Gasteiger partial charge < -0.3 is 5.11 Å². The Labute approximate surface area is 93.2 Å². The van der Waals surface area contributed by atoms with Gasteiger partial charge in [-0.25, -0.2) is 4.98 Å². The van der Waals surface area contributed by atoms with Crippen LogP contribution in [0.15, 0.2) is 35.8 Å². The van der Waals surface area contributed by atoms with Crippen LogP contribution in [0.1, 0.15) is 23.1 Å². The Hall–Kier alpha value is -1.19. The molecule has 78 valence electrons. The van der Waals surface area contributed by atoms with Crippen molar-refractivity contribution >= 4 is 11.3 Å². The van der Waals surface area contributed by atoms with Gasteiger partial charge in [0.15, 0.2) is 0 Å². The molecular weight excluding hydrogens is 206 g/mol. The summed E-state index contributed by atoms with van der Waals surface area (Å²) in [6.45, 7) is 3.73. The fourth-order valence-electron chi connectivity index (χ4n) is 1.66. The summed E-state index contributed by atoms with van der Waals surface area (Å²) >= 11 is 1.49. The molecule has 0 aliphatic heterocycles. The van der Waals surface area contributed by atoms with Crippen molar-refractivity contribution in [1.29, 1.82) is 0 Å². The summed E-state index contributed by atoms with van der Waals surface area (Å²) in [5, 5.41) is 10.5. The van der Waals surface area contributed by atoms with Gasteiger partial charge in [0.2, 0.25) is 0 Å². The number of benzene rings is 1. The highest BCUT2D eigenvalue weighted by Gasteiger charge is 2.28. The maximum Gasteiger partial charge on any atom is 0.123 e. The molecule has 1 heterocycles. The molecule has 2 aromatic rings. The van der Waals surface area contributed by atoms with Crippen LogP contribution in [-0.2, 0) is 5.60 Å². The van der Waals surface area contributed by atoms with Gasteiger partial charge in [-0.2, -0.15) is 0 Å². The van der Waals surface area contributed by atoms with E-state index in [0.29, 0.717) is 0 Å². The van der Waals surface area contributed by atoms with Gasteiger partial charge in [-0.15, -0.1) is 11.3 Å². The summed E-state index contributed by atoms with van der Waals surface area (Å²) in [5.41, 5.74) is 2.63. The molecule has 0 aliphatic carbocycles. The Morgan fingerprint density at radius 1 is 1.27 bits per heavy atom. The highest BCUT2D eigenvalue weighted by Crippen LogP contribution is 2.33. The van der Waals surface area contributed by atoms with Gasteiger partial charge in [-0.3, -0.25) is 0 Å². The Morgan fingerprint density at radius 3 is 2.47 bits per heavy atom. The molecule has 0 radical (unpaired) electrons. The van der Waals surface area contributed by atoms with Gasteiger partial charge in [0, 0.05) is 0 Å². The number of nitrogens with zero attached hydrogens (tertiary/aromatic N) is 1. The molecule has 2 rings (SSSR count). The molecule has 1 unspecified atom stereocenters. The van der Waals surface area contributed by atoms with Crippen molar-refractivity contribution in [3.8, 4) is 0 Å². The molecule has 1 aromatic heterocycles. The second kappa shape index (κ2) is 3.76. The lowest BCUT2D eigenvalue weighted by Gasteiger charge is -2.22. The minimum atomic E-state index is -0.938. The Bertz CT molecular complexity index is 448. The van der Waals surface area contributed by atoms with Crippen molar-refractivity contribution in [3.05, 3.63) is 52.0 Å². The summed E-state index contributed by atoms with van der Waals surface area (Å²) in [5.74, 6) is 0. The number of aliphatic hydroxyl groups is 1. The first-order valence-corrected chi connectivity index (χ1v) is 5.69. The Morgan fingerprint density at radius 2 is 1.93 bits per heavy atom. The molecule has 1 aromatic carbocycles. The van der Waals surface area contributed by atoms with Crippen LogP contribution in [0.25, 0.3) is 0 Å². The van der Waals surface area contributed by atoms with E-state index in [1.165, 1.54) is 11.3 Å². The number of thiazole rings is 1. The Kier molecular flexibility index (Phi) is 2.59. The van der Waals surface area contributed by atoms with Crippen LogP contribution < -0.4 is 0 Å². The zero-order chi connectivity index (χ0) is 10.9. The van der Waals surface area contributed by atoms with Gasteiger partial charge in [0.1, 0.15) is 5.60 Å². The SMILES string of the molecule is Cc1ncsc1C(C)(O)c1ccccc1. The van der Waals surface area contributed by atoms with Gasteiger partial charge in [0.25, 0.3) is 0 Å². The average molecular weight is 219 g/mol. The van der Waals surface area contributed by atoms with Gasteiger partial charge in [-0.1, -0.05) is 30.3 Å². The van der Waals surface area contributed by atoms with Crippen LogP contribution in [0, 0.1) is 6.92 Å². The minimum absolute atomic E-state index is 0.897. The number of hydrogen-bond donors (Lipinski definition) is 1. The molecule has 0 fully saturated rings. The van der Waals surface area contributed by atoms with Crippen LogP contribution in [0.4, 0.5) is 0 Å². The van der Waals surface area contributed by atoms with E-state index >= 15 is 0 Å². The second-order valence-electron chi connectivity index (χ2n) is 3.71. The van der Waals surface area contributed by atoms with E-state index < -0.39 is 5.60 Å². The van der Waals surface area contributed by atoms with Crippen molar-refractivity contribution < 1.29 is 5.11 Å². The van der Waals surface area contributed by atoms with Gasteiger partial charge >= 0.3 is 0 Å². The third-order valence-electron chi connectivity index (χ3n) is 2.52. The first kappa shape index (κ1) is 10.3. The van der Waals surface area contributed by atoms with Crippen LogP contribution in [0.3, 0.4) is 0 Å². The van der Waals surface area contributed by atoms with Crippen molar-refractivity contribution in [3.63, 3.8) is 0 Å². The highest BCUT2D eigenvalue weighted by atomic mass is 32.1. The van der Waals surface area contributed by atoms with Crippen LogP contribution >= 0.6 is 11.3 Å². The van der Waals surface area contributed by atoms with E-state index in [1.807, 2.05) is 44.2 Å². The lowest BCUT2D eigenvalue weighted by Crippen LogP contribution is -2.22. The summed E-state index contributed by atoms with van der Waals surface area (Å²) in [6.07, 6.45) is 0. The number of rotatable bonds is 2. The zero-order valence-electron chi connectivity index (χ0n) is 8.77. The number of aromatic nitrogens is 1. The molecule has 15 heavy (non-hydrogen) atoms. The van der Waals surface area contributed by atoms with Crippen molar-refractivity contribution in [2.75, 3.05) is 0 Å². The smallest absolute Gasteiger partial charge is 0.123 e. The van der Waals surface area contributed by atoms with E-state index in [0.717, 1.165) is 16.1 Å². The molecule has 3 heteroatoms. The fourth-order valence-corrected chi connectivity index (χ4v) is 2.55. The van der Waals surface area contributed by atoms with Crippen molar-refractivity contribution in [2.24, 2.45) is 0 Å². The van der Waals surface area contributed by atoms with Gasteiger partial charge in [0.05, 0.1) is 16.1 Å². The maximum absolute atomic E-state index is 10.5. The predicted octanol–water partition coefficient (Wildman–Crippen LogP) is 2.71. The van der Waals surface area contributed by atoms with Crippen LogP contribution in [-0.4, -0.2) is 10.1 Å². The van der Waals surface area contributed by atoms with E-state index in [2.05, 4.69) is 4.98 Å². The normalized spacial score (nSPS) is 14.9. The quantitative estimate of drug-likeness (QED) is 0.842. The molecule has 2 nitrogen and oxygen atoms in total. The molecule has 0 bridgehead atoms. The Balaban J connectivity index is 2.48. The standard InChI is InChI=1S/C12H13NOS/c1-9-11(15-8-13-9)12(2,14)10-6-4-3-5-7-10/h3-8,14H,1-2H3. The maximum atomic E-state index is 10.5. The highest BCUT2D eigenvalue weighted by molar-refractivity contribution is 7.09. The zero-order valence-corrected chi connectivity index (χ0v) is 9.58. The van der Waals surface area contributed by atoms with Gasteiger partial charge in [-0.05, 0) is 19.4 Å².